The van der Waals surface area contributed by atoms with Crippen molar-refractivity contribution in [2.24, 2.45) is 12.8 Å². The molecule has 2 aromatic heterocycles. The molecule has 0 radical (unpaired) electrons. The maximum atomic E-state index is 6.31. The van der Waals surface area contributed by atoms with Gasteiger partial charge in [0.1, 0.15) is 5.01 Å². The molecule has 0 aliphatic rings. The van der Waals surface area contributed by atoms with Gasteiger partial charge in [0.15, 0.2) is 0 Å². The van der Waals surface area contributed by atoms with E-state index in [-0.39, 0.29) is 6.04 Å². The highest BCUT2D eigenvalue weighted by atomic mass is 32.1. The topological polar surface area (TPSA) is 56.7 Å². The molecule has 0 fully saturated rings. The van der Waals surface area contributed by atoms with Crippen LogP contribution < -0.4 is 5.73 Å². The Hall–Kier alpha value is -1.20. The monoisotopic (exact) mass is 250 g/mol. The summed E-state index contributed by atoms with van der Waals surface area (Å²) in [5.41, 5.74) is 10.6. The number of thiazole rings is 1. The van der Waals surface area contributed by atoms with Gasteiger partial charge in [0.25, 0.3) is 0 Å². The number of rotatable bonds is 2. The summed E-state index contributed by atoms with van der Waals surface area (Å²) in [4.78, 5) is 5.77. The van der Waals surface area contributed by atoms with Gasteiger partial charge in [-0.2, -0.15) is 5.10 Å². The second kappa shape index (κ2) is 4.23. The van der Waals surface area contributed by atoms with Crippen molar-refractivity contribution < 1.29 is 0 Å². The summed E-state index contributed by atoms with van der Waals surface area (Å²) in [6.45, 7) is 8.13. The predicted molar refractivity (Wildman–Crippen MR) is 70.3 cm³/mol. The second-order valence-electron chi connectivity index (χ2n) is 4.38. The van der Waals surface area contributed by atoms with E-state index in [4.69, 9.17) is 5.73 Å². The van der Waals surface area contributed by atoms with E-state index in [9.17, 15) is 0 Å². The molecular weight excluding hydrogens is 232 g/mol. The summed E-state index contributed by atoms with van der Waals surface area (Å²) >= 11 is 1.67. The Morgan fingerprint density at radius 2 is 1.82 bits per heavy atom. The first kappa shape index (κ1) is 12.3. The van der Waals surface area contributed by atoms with Gasteiger partial charge < -0.3 is 5.73 Å². The van der Waals surface area contributed by atoms with Gasteiger partial charge in [-0.05, 0) is 27.7 Å². The third-order valence-corrected chi connectivity index (χ3v) is 4.34. The van der Waals surface area contributed by atoms with Crippen LogP contribution in [-0.2, 0) is 7.05 Å². The summed E-state index contributed by atoms with van der Waals surface area (Å²) in [6.07, 6.45) is 0. The van der Waals surface area contributed by atoms with Crippen LogP contribution in [0.1, 0.15) is 38.6 Å². The molecule has 2 aromatic rings. The molecule has 0 bridgehead atoms. The Labute approximate surface area is 105 Å². The summed E-state index contributed by atoms with van der Waals surface area (Å²) in [5.74, 6) is 0. The average Bonchev–Trinajstić information content (AvgIpc) is 2.70. The van der Waals surface area contributed by atoms with Crippen LogP contribution in [0.15, 0.2) is 0 Å². The standard InChI is InChI=1S/C12H18N4S/c1-6-9(4)17-12(14-6)11(13)10-7(2)15-16(5)8(10)3/h11H,13H2,1-5H3. The van der Waals surface area contributed by atoms with Crippen LogP contribution in [0.25, 0.3) is 0 Å². The van der Waals surface area contributed by atoms with Gasteiger partial charge in [-0.15, -0.1) is 11.3 Å². The quantitative estimate of drug-likeness (QED) is 0.888. The first-order valence-electron chi connectivity index (χ1n) is 5.61. The number of nitrogens with zero attached hydrogens (tertiary/aromatic N) is 3. The molecule has 0 aliphatic heterocycles. The van der Waals surface area contributed by atoms with Gasteiger partial charge in [-0.1, -0.05) is 0 Å². The molecule has 0 aliphatic carbocycles. The summed E-state index contributed by atoms with van der Waals surface area (Å²) in [6, 6.07) is -0.166. The molecule has 5 heteroatoms. The zero-order valence-electron chi connectivity index (χ0n) is 10.9. The summed E-state index contributed by atoms with van der Waals surface area (Å²) in [7, 11) is 1.94. The molecule has 0 amide bonds. The van der Waals surface area contributed by atoms with E-state index >= 15 is 0 Å². The average molecular weight is 250 g/mol. The van der Waals surface area contributed by atoms with E-state index in [2.05, 4.69) is 17.0 Å². The van der Waals surface area contributed by atoms with E-state index in [1.165, 1.54) is 4.88 Å². The number of hydrogen-bond donors (Lipinski definition) is 1. The largest absolute Gasteiger partial charge is 0.318 e. The Kier molecular flexibility index (Phi) is 3.05. The van der Waals surface area contributed by atoms with E-state index in [1.54, 1.807) is 11.3 Å². The zero-order chi connectivity index (χ0) is 12.7. The van der Waals surface area contributed by atoms with Crippen LogP contribution in [0, 0.1) is 27.7 Å². The first-order valence-corrected chi connectivity index (χ1v) is 6.43. The van der Waals surface area contributed by atoms with Crippen LogP contribution in [-0.4, -0.2) is 14.8 Å². The van der Waals surface area contributed by atoms with Crippen molar-refractivity contribution in [3.63, 3.8) is 0 Å². The minimum Gasteiger partial charge on any atom is -0.318 e. The maximum Gasteiger partial charge on any atom is 0.115 e. The lowest BCUT2D eigenvalue weighted by Gasteiger charge is -2.09. The highest BCUT2D eigenvalue weighted by Crippen LogP contribution is 2.29. The van der Waals surface area contributed by atoms with Crippen molar-refractivity contribution in [3.8, 4) is 0 Å². The predicted octanol–water partition coefficient (Wildman–Crippen LogP) is 2.16. The fourth-order valence-corrected chi connectivity index (χ4v) is 2.93. The highest BCUT2D eigenvalue weighted by Gasteiger charge is 2.21. The van der Waals surface area contributed by atoms with Crippen molar-refractivity contribution in [1.82, 2.24) is 14.8 Å². The number of nitrogens with two attached hydrogens (primary N) is 1. The maximum absolute atomic E-state index is 6.31. The lowest BCUT2D eigenvalue weighted by atomic mass is 10.1. The van der Waals surface area contributed by atoms with E-state index in [0.717, 1.165) is 27.7 Å². The number of aryl methyl sites for hydroxylation is 4. The van der Waals surface area contributed by atoms with E-state index < -0.39 is 0 Å². The van der Waals surface area contributed by atoms with Gasteiger partial charge in [0.05, 0.1) is 17.4 Å². The van der Waals surface area contributed by atoms with Gasteiger partial charge in [-0.25, -0.2) is 4.98 Å². The fraction of sp³-hybridized carbons (Fsp3) is 0.500. The van der Waals surface area contributed by atoms with Gasteiger partial charge in [0.2, 0.25) is 0 Å². The van der Waals surface area contributed by atoms with Gasteiger partial charge in [0, 0.05) is 23.2 Å². The summed E-state index contributed by atoms with van der Waals surface area (Å²) in [5, 5.41) is 5.37. The minimum atomic E-state index is -0.166. The molecule has 0 spiro atoms. The molecule has 1 atom stereocenters. The smallest absolute Gasteiger partial charge is 0.115 e. The normalized spacial score (nSPS) is 13.1. The van der Waals surface area contributed by atoms with Crippen molar-refractivity contribution in [1.29, 1.82) is 0 Å². The van der Waals surface area contributed by atoms with Crippen molar-refractivity contribution in [2.75, 3.05) is 0 Å². The van der Waals surface area contributed by atoms with Crippen LogP contribution >= 0.6 is 11.3 Å². The zero-order valence-corrected chi connectivity index (χ0v) is 11.7. The summed E-state index contributed by atoms with van der Waals surface area (Å²) < 4.78 is 1.87. The number of hydrogen-bond acceptors (Lipinski definition) is 4. The van der Waals surface area contributed by atoms with E-state index in [1.807, 2.05) is 32.5 Å². The van der Waals surface area contributed by atoms with Gasteiger partial charge in [-0.3, -0.25) is 4.68 Å². The molecule has 17 heavy (non-hydrogen) atoms. The first-order chi connectivity index (χ1) is 7.91. The molecule has 0 saturated heterocycles. The molecule has 92 valence electrons. The molecule has 2 heterocycles. The Morgan fingerprint density at radius 1 is 1.18 bits per heavy atom. The fourth-order valence-electron chi connectivity index (χ4n) is 1.99. The lowest BCUT2D eigenvalue weighted by molar-refractivity contribution is 0.728. The highest BCUT2D eigenvalue weighted by molar-refractivity contribution is 7.11. The third kappa shape index (κ3) is 2.00. The number of aromatic nitrogens is 3. The van der Waals surface area contributed by atoms with E-state index in [0.29, 0.717) is 0 Å². The van der Waals surface area contributed by atoms with Crippen molar-refractivity contribution >= 4 is 11.3 Å². The second-order valence-corrected chi connectivity index (χ2v) is 5.61. The van der Waals surface area contributed by atoms with Crippen LogP contribution in [0.2, 0.25) is 0 Å². The molecule has 4 nitrogen and oxygen atoms in total. The lowest BCUT2D eigenvalue weighted by Crippen LogP contribution is -2.13. The molecule has 0 aromatic carbocycles. The van der Waals surface area contributed by atoms with Crippen LogP contribution in [0.3, 0.4) is 0 Å². The SMILES string of the molecule is Cc1nc(C(N)c2c(C)nn(C)c2C)sc1C. The van der Waals surface area contributed by atoms with Crippen molar-refractivity contribution in [2.45, 2.75) is 33.7 Å². The third-order valence-electron chi connectivity index (χ3n) is 3.19. The Bertz CT molecular complexity index is 534. The van der Waals surface area contributed by atoms with Crippen molar-refractivity contribution in [3.05, 3.63) is 32.5 Å². The van der Waals surface area contributed by atoms with Gasteiger partial charge >= 0.3 is 0 Å². The Balaban J connectivity index is 2.46. The van der Waals surface area contributed by atoms with Crippen LogP contribution in [0.4, 0.5) is 0 Å². The molecule has 2 rings (SSSR count). The minimum absolute atomic E-state index is 0.166. The molecular formula is C12H18N4S. The molecule has 1 unspecified atom stereocenters. The molecule has 0 saturated carbocycles. The molecule has 2 N–H and O–H groups in total. The Morgan fingerprint density at radius 3 is 2.24 bits per heavy atom. The van der Waals surface area contributed by atoms with Crippen LogP contribution in [0.5, 0.6) is 0 Å².